The van der Waals surface area contributed by atoms with Crippen LogP contribution in [0.3, 0.4) is 0 Å². The summed E-state index contributed by atoms with van der Waals surface area (Å²) in [7, 11) is 0. The second-order valence-electron chi connectivity index (χ2n) is 8.09. The molecule has 1 atom stereocenters. The number of nitrogens with zero attached hydrogens (tertiary/aromatic N) is 4. The third kappa shape index (κ3) is 4.09. The van der Waals surface area contributed by atoms with Gasteiger partial charge in [-0.2, -0.15) is 0 Å². The summed E-state index contributed by atoms with van der Waals surface area (Å²) >= 11 is 12.3. The van der Waals surface area contributed by atoms with Crippen molar-refractivity contribution in [2.75, 3.05) is 6.61 Å². The van der Waals surface area contributed by atoms with Gasteiger partial charge in [-0.3, -0.25) is 14.2 Å². The molecule has 1 aliphatic heterocycles. The molecule has 34 heavy (non-hydrogen) atoms. The number of benzene rings is 2. The van der Waals surface area contributed by atoms with E-state index in [0.29, 0.717) is 27.9 Å². The van der Waals surface area contributed by atoms with Gasteiger partial charge in [-0.25, -0.2) is 14.3 Å². The molecular weight excluding hydrogens is 479 g/mol. The van der Waals surface area contributed by atoms with Crippen LogP contribution in [0.4, 0.5) is 0 Å². The molecule has 1 unspecified atom stereocenters. The van der Waals surface area contributed by atoms with Gasteiger partial charge in [0.25, 0.3) is 5.56 Å². The van der Waals surface area contributed by atoms with Crippen molar-refractivity contribution >= 4 is 40.1 Å². The fourth-order valence-electron chi connectivity index (χ4n) is 4.18. The van der Waals surface area contributed by atoms with Crippen LogP contribution in [-0.2, 0) is 17.8 Å². The Labute approximate surface area is 203 Å². The quantitative estimate of drug-likeness (QED) is 0.378. The van der Waals surface area contributed by atoms with E-state index in [-0.39, 0.29) is 36.1 Å². The van der Waals surface area contributed by atoms with Crippen molar-refractivity contribution in [3.63, 3.8) is 0 Å². The van der Waals surface area contributed by atoms with Gasteiger partial charge in [0.1, 0.15) is 0 Å². The minimum absolute atomic E-state index is 0.106. The fourth-order valence-corrected chi connectivity index (χ4v) is 4.53. The summed E-state index contributed by atoms with van der Waals surface area (Å²) in [5.74, 6) is -0.225. The molecule has 8 nitrogen and oxygen atoms in total. The van der Waals surface area contributed by atoms with E-state index in [1.807, 2.05) is 0 Å². The summed E-state index contributed by atoms with van der Waals surface area (Å²) in [5, 5.41) is 0.852. The number of hydrogen-bond donors (Lipinski definition) is 0. The Morgan fingerprint density at radius 2 is 1.85 bits per heavy atom. The predicted molar refractivity (Wildman–Crippen MR) is 129 cm³/mol. The standard InChI is InChI=1S/C24H20Cl2N4O4/c25-16-9-7-15(8-10-16)20(31)13-28-14-27-22-21(28)23(32)29(12-17-4-3-11-34-17)24(33)30(22)19-6-2-1-5-18(19)26/h1-2,5-10,14,17H,3-4,11-13H2. The molecule has 0 saturated carbocycles. The second-order valence-corrected chi connectivity index (χ2v) is 8.94. The van der Waals surface area contributed by atoms with Crippen molar-refractivity contribution in [2.24, 2.45) is 0 Å². The van der Waals surface area contributed by atoms with E-state index in [1.165, 1.54) is 15.5 Å². The Balaban J connectivity index is 1.68. The number of imidazole rings is 1. The van der Waals surface area contributed by atoms with E-state index in [0.717, 1.165) is 17.4 Å². The number of para-hydroxylation sites is 1. The van der Waals surface area contributed by atoms with Crippen LogP contribution in [0.25, 0.3) is 16.9 Å². The zero-order chi connectivity index (χ0) is 23.8. The van der Waals surface area contributed by atoms with Crippen LogP contribution < -0.4 is 11.2 Å². The molecule has 1 fully saturated rings. The number of halogens is 2. The highest BCUT2D eigenvalue weighted by molar-refractivity contribution is 6.32. The molecule has 2 aromatic heterocycles. The minimum atomic E-state index is -0.560. The van der Waals surface area contributed by atoms with Crippen LogP contribution in [-0.4, -0.2) is 37.2 Å². The van der Waals surface area contributed by atoms with Crippen molar-refractivity contribution in [1.29, 1.82) is 0 Å². The molecular formula is C24H20Cl2N4O4. The molecule has 0 spiro atoms. The highest BCUT2D eigenvalue weighted by Crippen LogP contribution is 2.22. The van der Waals surface area contributed by atoms with Gasteiger partial charge in [-0.05, 0) is 49.2 Å². The number of carbonyl (C=O) groups is 1. The van der Waals surface area contributed by atoms with Crippen LogP contribution in [0.1, 0.15) is 23.2 Å². The van der Waals surface area contributed by atoms with E-state index in [9.17, 15) is 14.4 Å². The Kier molecular flexibility index (Phi) is 6.12. The monoisotopic (exact) mass is 498 g/mol. The van der Waals surface area contributed by atoms with Crippen LogP contribution in [0, 0.1) is 0 Å². The maximum Gasteiger partial charge on any atom is 0.337 e. The number of carbonyl (C=O) groups excluding carboxylic acids is 1. The number of ketones is 1. The molecule has 5 rings (SSSR count). The number of aromatic nitrogens is 4. The van der Waals surface area contributed by atoms with E-state index in [4.69, 9.17) is 27.9 Å². The summed E-state index contributed by atoms with van der Waals surface area (Å²) in [6.07, 6.45) is 2.77. The van der Waals surface area contributed by atoms with Crippen molar-refractivity contribution in [1.82, 2.24) is 18.7 Å². The molecule has 0 N–H and O–H groups in total. The van der Waals surface area contributed by atoms with E-state index in [2.05, 4.69) is 4.98 Å². The molecule has 3 heterocycles. The summed E-state index contributed by atoms with van der Waals surface area (Å²) in [4.78, 5) is 44.3. The lowest BCUT2D eigenvalue weighted by Gasteiger charge is -2.16. The molecule has 0 aliphatic carbocycles. The maximum absolute atomic E-state index is 13.5. The first-order valence-corrected chi connectivity index (χ1v) is 11.6. The minimum Gasteiger partial charge on any atom is -0.376 e. The average molecular weight is 499 g/mol. The highest BCUT2D eigenvalue weighted by Gasteiger charge is 2.24. The Morgan fingerprint density at radius 1 is 1.09 bits per heavy atom. The Hall–Kier alpha value is -3.20. The van der Waals surface area contributed by atoms with Gasteiger partial charge in [0, 0.05) is 17.2 Å². The summed E-state index contributed by atoms with van der Waals surface area (Å²) in [6.45, 7) is 0.566. The number of Topliss-reactive ketones (excluding diaryl/α,β-unsaturated/α-hetero) is 1. The molecule has 10 heteroatoms. The van der Waals surface area contributed by atoms with Crippen LogP contribution in [0.2, 0.25) is 10.0 Å². The third-order valence-corrected chi connectivity index (χ3v) is 6.46. The van der Waals surface area contributed by atoms with Gasteiger partial charge < -0.3 is 9.30 Å². The fraction of sp³-hybridized carbons (Fsp3) is 0.250. The molecule has 0 amide bonds. The first-order chi connectivity index (χ1) is 16.4. The molecule has 0 radical (unpaired) electrons. The normalized spacial score (nSPS) is 15.8. The van der Waals surface area contributed by atoms with E-state index >= 15 is 0 Å². The largest absolute Gasteiger partial charge is 0.376 e. The SMILES string of the molecule is O=C(Cn1cnc2c1c(=O)n(CC1CCCO1)c(=O)n2-c1ccccc1Cl)c1ccc(Cl)cc1. The number of fused-ring (bicyclic) bond motifs is 1. The molecule has 1 saturated heterocycles. The summed E-state index contributed by atoms with van der Waals surface area (Å²) < 4.78 is 9.60. The zero-order valence-corrected chi connectivity index (χ0v) is 19.5. The van der Waals surface area contributed by atoms with Crippen molar-refractivity contribution in [2.45, 2.75) is 32.0 Å². The van der Waals surface area contributed by atoms with Gasteiger partial charge in [-0.1, -0.05) is 35.3 Å². The molecule has 174 valence electrons. The van der Waals surface area contributed by atoms with Gasteiger partial charge >= 0.3 is 5.69 Å². The topological polar surface area (TPSA) is 88.1 Å². The number of ether oxygens (including phenoxy) is 1. The van der Waals surface area contributed by atoms with Crippen LogP contribution >= 0.6 is 23.2 Å². The van der Waals surface area contributed by atoms with E-state index < -0.39 is 11.2 Å². The molecule has 1 aliphatic rings. The van der Waals surface area contributed by atoms with Crippen LogP contribution in [0.15, 0.2) is 64.4 Å². The molecule has 4 aromatic rings. The van der Waals surface area contributed by atoms with Gasteiger partial charge in [0.15, 0.2) is 16.9 Å². The van der Waals surface area contributed by atoms with Crippen molar-refractivity contribution in [3.8, 4) is 5.69 Å². The smallest absolute Gasteiger partial charge is 0.337 e. The predicted octanol–water partition coefficient (Wildman–Crippen LogP) is 3.72. The summed E-state index contributed by atoms with van der Waals surface area (Å²) in [5.41, 5.74) is 0.0332. The van der Waals surface area contributed by atoms with E-state index in [1.54, 1.807) is 48.5 Å². The maximum atomic E-state index is 13.5. The lowest BCUT2D eigenvalue weighted by Crippen LogP contribution is -2.42. The summed E-state index contributed by atoms with van der Waals surface area (Å²) in [6, 6.07) is 13.3. The highest BCUT2D eigenvalue weighted by atomic mass is 35.5. The van der Waals surface area contributed by atoms with Gasteiger partial charge in [0.2, 0.25) is 0 Å². The van der Waals surface area contributed by atoms with Gasteiger partial charge in [-0.15, -0.1) is 0 Å². The molecule has 2 aromatic carbocycles. The zero-order valence-electron chi connectivity index (χ0n) is 18.0. The number of rotatable bonds is 6. The first kappa shape index (κ1) is 22.6. The lowest BCUT2D eigenvalue weighted by molar-refractivity contribution is 0.0947. The Bertz CT molecular complexity index is 1500. The lowest BCUT2D eigenvalue weighted by atomic mass is 10.1. The average Bonchev–Trinajstić information content (AvgIpc) is 3.49. The van der Waals surface area contributed by atoms with Crippen LogP contribution in [0.5, 0.6) is 0 Å². The van der Waals surface area contributed by atoms with Crippen molar-refractivity contribution in [3.05, 3.63) is 91.3 Å². The third-order valence-electron chi connectivity index (χ3n) is 5.88. The van der Waals surface area contributed by atoms with Gasteiger partial charge in [0.05, 0.1) is 36.2 Å². The van der Waals surface area contributed by atoms with Crippen molar-refractivity contribution < 1.29 is 9.53 Å². The molecule has 0 bridgehead atoms. The first-order valence-electron chi connectivity index (χ1n) is 10.8. The Morgan fingerprint density at radius 3 is 2.56 bits per heavy atom. The number of hydrogen-bond acceptors (Lipinski definition) is 5. The second kappa shape index (κ2) is 9.21.